The number of carbonyl (C=O) groups excluding carboxylic acids is 3. The van der Waals surface area contributed by atoms with E-state index in [0.717, 1.165) is 16.6 Å². The monoisotopic (exact) mass is 503 g/mol. The maximum absolute atomic E-state index is 13.2. The summed E-state index contributed by atoms with van der Waals surface area (Å²) in [5.41, 5.74) is 3.66. The molecule has 0 unspecified atom stereocenters. The summed E-state index contributed by atoms with van der Waals surface area (Å²) >= 11 is 6.16. The fourth-order valence-corrected chi connectivity index (χ4v) is 4.89. The molecule has 1 aliphatic rings. The largest absolute Gasteiger partial charge is 0.464 e. The molecule has 1 atom stereocenters. The molecule has 0 bridgehead atoms. The van der Waals surface area contributed by atoms with Gasteiger partial charge in [0.1, 0.15) is 11.7 Å². The number of fused-ring (bicyclic) bond motifs is 2. The third-order valence-electron chi connectivity index (χ3n) is 6.40. The minimum atomic E-state index is -0.666. The van der Waals surface area contributed by atoms with Crippen LogP contribution in [-0.4, -0.2) is 34.3 Å². The summed E-state index contributed by atoms with van der Waals surface area (Å²) < 4.78 is 6.24. The highest BCUT2D eigenvalue weighted by Gasteiger charge is 2.30. The highest BCUT2D eigenvalue weighted by atomic mass is 35.5. The molecule has 1 amide bonds. The lowest BCUT2D eigenvalue weighted by Crippen LogP contribution is -2.31. The number of aromatic nitrogens is 2. The van der Waals surface area contributed by atoms with Gasteiger partial charge in [0.2, 0.25) is 5.91 Å². The van der Waals surface area contributed by atoms with Gasteiger partial charge in [0, 0.05) is 38.9 Å². The number of hydrogen-bond acceptors (Lipinski definition) is 5. The van der Waals surface area contributed by atoms with E-state index in [0.29, 0.717) is 45.9 Å². The molecule has 0 saturated heterocycles. The Morgan fingerprint density at radius 1 is 1.08 bits per heavy atom. The van der Waals surface area contributed by atoms with Gasteiger partial charge in [-0.25, -0.2) is 4.79 Å². The number of anilines is 1. The number of Topliss-reactive ketones (excluding diaryl/α,β-unsaturated/α-hetero) is 1. The second kappa shape index (κ2) is 9.13. The van der Waals surface area contributed by atoms with Crippen molar-refractivity contribution in [3.8, 4) is 11.1 Å². The number of rotatable bonds is 5. The van der Waals surface area contributed by atoms with Crippen LogP contribution in [0.2, 0.25) is 5.02 Å². The van der Waals surface area contributed by atoms with Crippen LogP contribution in [0.3, 0.4) is 0 Å². The Morgan fingerprint density at radius 2 is 1.89 bits per heavy atom. The molecule has 0 radical (unpaired) electrons. The Kier molecular flexibility index (Phi) is 5.97. The second-order valence-corrected chi connectivity index (χ2v) is 9.15. The van der Waals surface area contributed by atoms with Crippen LogP contribution in [0, 0.1) is 0 Å². The lowest BCUT2D eigenvalue weighted by atomic mass is 9.97. The average molecular weight is 504 g/mol. The van der Waals surface area contributed by atoms with Crippen molar-refractivity contribution < 1.29 is 19.1 Å². The van der Waals surface area contributed by atoms with E-state index in [-0.39, 0.29) is 17.2 Å². The number of ketones is 1. The van der Waals surface area contributed by atoms with Crippen molar-refractivity contribution in [3.63, 3.8) is 0 Å². The first kappa shape index (κ1) is 23.6. The first-order valence-corrected chi connectivity index (χ1v) is 11.7. The number of aromatic amines is 1. The Labute approximate surface area is 210 Å². The summed E-state index contributed by atoms with van der Waals surface area (Å²) in [6.45, 7) is 1.47. The van der Waals surface area contributed by atoms with Crippen LogP contribution < -0.4 is 10.9 Å². The van der Waals surface area contributed by atoms with Crippen LogP contribution in [0.5, 0.6) is 0 Å². The van der Waals surface area contributed by atoms with Gasteiger partial charge in [-0.15, -0.1) is 0 Å². The topological polar surface area (TPSA) is 110 Å². The van der Waals surface area contributed by atoms with Gasteiger partial charge in [0.05, 0.1) is 7.11 Å². The van der Waals surface area contributed by atoms with Crippen molar-refractivity contribution in [1.29, 1.82) is 0 Å². The normalized spacial score (nSPS) is 14.5. The van der Waals surface area contributed by atoms with E-state index < -0.39 is 12.0 Å². The predicted octanol–water partition coefficient (Wildman–Crippen LogP) is 4.77. The number of esters is 1. The Bertz CT molecular complexity index is 1620. The number of pyridine rings is 1. The number of methoxy groups -OCH3 is 1. The first-order chi connectivity index (χ1) is 17.2. The standard InChI is InChI=1S/C27H22ClN3O5/c1-14(32)20-6-3-17(28)13-21(20)15-10-19-5-8-24(31(19)25(33)12-15)26(34)29-18-4-7-22-16(9-18)11-23(30-22)27(35)36-2/h3-4,6-7,9-13,24,30H,5,8H2,1-2H3,(H,29,34)/t24-/m0/s1. The maximum atomic E-state index is 13.2. The van der Waals surface area contributed by atoms with Crippen LogP contribution >= 0.6 is 11.6 Å². The van der Waals surface area contributed by atoms with Crippen LogP contribution in [0.1, 0.15) is 45.9 Å². The van der Waals surface area contributed by atoms with E-state index in [1.807, 2.05) is 6.07 Å². The van der Waals surface area contributed by atoms with Crippen molar-refractivity contribution in [2.75, 3.05) is 12.4 Å². The summed E-state index contributed by atoms with van der Waals surface area (Å²) in [7, 11) is 1.31. The van der Waals surface area contributed by atoms with Gasteiger partial charge in [-0.1, -0.05) is 11.6 Å². The predicted molar refractivity (Wildman–Crippen MR) is 137 cm³/mol. The van der Waals surface area contributed by atoms with Gasteiger partial charge in [-0.3, -0.25) is 14.4 Å². The highest BCUT2D eigenvalue weighted by Crippen LogP contribution is 2.32. The van der Waals surface area contributed by atoms with Crippen molar-refractivity contribution in [2.24, 2.45) is 0 Å². The number of H-pyrrole nitrogens is 1. The molecule has 2 N–H and O–H groups in total. The van der Waals surface area contributed by atoms with Gasteiger partial charge < -0.3 is 19.6 Å². The Balaban J connectivity index is 1.43. The Morgan fingerprint density at radius 3 is 2.64 bits per heavy atom. The zero-order valence-electron chi connectivity index (χ0n) is 19.6. The molecule has 0 spiro atoms. The number of nitrogens with zero attached hydrogens (tertiary/aromatic N) is 1. The van der Waals surface area contributed by atoms with Gasteiger partial charge in [-0.2, -0.15) is 0 Å². The molecule has 0 aliphatic carbocycles. The minimum Gasteiger partial charge on any atom is -0.464 e. The van der Waals surface area contributed by atoms with E-state index in [4.69, 9.17) is 16.3 Å². The number of amides is 1. The molecular weight excluding hydrogens is 482 g/mol. The van der Waals surface area contributed by atoms with Gasteiger partial charge >= 0.3 is 5.97 Å². The smallest absolute Gasteiger partial charge is 0.354 e. The molecule has 0 fully saturated rings. The molecule has 36 heavy (non-hydrogen) atoms. The fraction of sp³-hybridized carbons (Fsp3) is 0.185. The number of benzene rings is 2. The van der Waals surface area contributed by atoms with Crippen molar-refractivity contribution >= 4 is 45.9 Å². The highest BCUT2D eigenvalue weighted by molar-refractivity contribution is 6.31. The minimum absolute atomic E-state index is 0.127. The third-order valence-corrected chi connectivity index (χ3v) is 6.64. The van der Waals surface area contributed by atoms with Crippen molar-refractivity contribution in [3.05, 3.63) is 86.9 Å². The van der Waals surface area contributed by atoms with E-state index in [2.05, 4.69) is 10.3 Å². The molecule has 8 nitrogen and oxygen atoms in total. The van der Waals surface area contributed by atoms with E-state index in [1.54, 1.807) is 42.5 Å². The third kappa shape index (κ3) is 4.20. The molecule has 2 aromatic carbocycles. The molecule has 5 rings (SSSR count). The molecule has 182 valence electrons. The number of carbonyl (C=O) groups is 3. The molecule has 9 heteroatoms. The van der Waals surface area contributed by atoms with Gasteiger partial charge in [0.15, 0.2) is 5.78 Å². The number of nitrogens with one attached hydrogen (secondary N) is 2. The average Bonchev–Trinajstić information content (AvgIpc) is 3.47. The van der Waals surface area contributed by atoms with Gasteiger partial charge in [-0.05, 0) is 79.4 Å². The first-order valence-electron chi connectivity index (χ1n) is 11.3. The van der Waals surface area contributed by atoms with Crippen molar-refractivity contribution in [2.45, 2.75) is 25.8 Å². The maximum Gasteiger partial charge on any atom is 0.354 e. The lowest BCUT2D eigenvalue weighted by molar-refractivity contribution is -0.119. The van der Waals surface area contributed by atoms with Crippen LogP contribution in [0.15, 0.2) is 59.4 Å². The van der Waals surface area contributed by atoms with E-state index in [9.17, 15) is 19.2 Å². The SMILES string of the molecule is COC(=O)c1cc2cc(NC(=O)[C@@H]3CCc4cc(-c5cc(Cl)ccc5C(C)=O)cc(=O)n43)ccc2[nH]1. The summed E-state index contributed by atoms with van der Waals surface area (Å²) in [5, 5.41) is 4.09. The molecule has 2 aromatic heterocycles. The van der Waals surface area contributed by atoms with E-state index in [1.165, 1.54) is 24.7 Å². The molecule has 1 aliphatic heterocycles. The fourth-order valence-electron chi connectivity index (χ4n) is 4.72. The molecule has 3 heterocycles. The molecular formula is C27H22ClN3O5. The number of ether oxygens (including phenoxy) is 1. The summed E-state index contributed by atoms with van der Waals surface area (Å²) in [6.07, 6.45) is 1.01. The van der Waals surface area contributed by atoms with E-state index >= 15 is 0 Å². The Hall–Kier alpha value is -4.17. The van der Waals surface area contributed by atoms with Crippen molar-refractivity contribution in [1.82, 2.24) is 9.55 Å². The zero-order chi connectivity index (χ0) is 25.6. The summed E-state index contributed by atoms with van der Waals surface area (Å²) in [4.78, 5) is 53.1. The number of halogens is 1. The lowest BCUT2D eigenvalue weighted by Gasteiger charge is -2.16. The van der Waals surface area contributed by atoms with Crippen LogP contribution in [0.25, 0.3) is 22.0 Å². The van der Waals surface area contributed by atoms with Crippen LogP contribution in [-0.2, 0) is 16.0 Å². The summed E-state index contributed by atoms with van der Waals surface area (Å²) in [5.74, 6) is -0.914. The summed E-state index contributed by atoms with van der Waals surface area (Å²) in [6, 6.07) is 14.5. The quantitative estimate of drug-likeness (QED) is 0.301. The molecule has 0 saturated carbocycles. The second-order valence-electron chi connectivity index (χ2n) is 8.71. The number of hydrogen-bond donors (Lipinski definition) is 2. The van der Waals surface area contributed by atoms with Gasteiger partial charge in [0.25, 0.3) is 5.56 Å². The molecule has 4 aromatic rings. The zero-order valence-corrected chi connectivity index (χ0v) is 20.3. The number of aryl methyl sites for hydroxylation is 1. The van der Waals surface area contributed by atoms with Crippen LogP contribution in [0.4, 0.5) is 5.69 Å².